The van der Waals surface area contributed by atoms with E-state index in [1.165, 1.54) is 25.0 Å². The Bertz CT molecular complexity index is 1440. The second-order valence-electron chi connectivity index (χ2n) is 8.61. The number of aromatic amines is 1. The van der Waals surface area contributed by atoms with Gasteiger partial charge in [-0.3, -0.25) is 14.9 Å². The number of hydrogen-bond donors (Lipinski definition) is 2. The Labute approximate surface area is 200 Å². The van der Waals surface area contributed by atoms with Crippen molar-refractivity contribution in [1.82, 2.24) is 10.3 Å². The molecule has 4 aromatic rings. The van der Waals surface area contributed by atoms with Gasteiger partial charge in [0.05, 0.1) is 22.6 Å². The van der Waals surface area contributed by atoms with E-state index in [4.69, 9.17) is 16.3 Å². The quantitative estimate of drug-likeness (QED) is 0.269. The molecule has 174 valence electrons. The number of nitro benzene ring substituents is 1. The molecule has 0 bridgehead atoms. The third-order valence-electron chi connectivity index (χ3n) is 6.39. The molecule has 2 heterocycles. The Balaban J connectivity index is 1.64. The highest BCUT2D eigenvalue weighted by molar-refractivity contribution is 6.33. The molecule has 3 aromatic carbocycles. The van der Waals surface area contributed by atoms with E-state index in [1.807, 2.05) is 42.5 Å². The van der Waals surface area contributed by atoms with E-state index in [0.717, 1.165) is 30.2 Å². The lowest BCUT2D eigenvalue weighted by Crippen LogP contribution is -2.35. The van der Waals surface area contributed by atoms with E-state index in [-0.39, 0.29) is 16.3 Å². The number of halogens is 1. The molecule has 1 unspecified atom stereocenters. The van der Waals surface area contributed by atoms with Gasteiger partial charge in [0, 0.05) is 17.5 Å². The predicted molar refractivity (Wildman–Crippen MR) is 135 cm³/mol. The molecular formula is C26H24ClN3O4. The summed E-state index contributed by atoms with van der Waals surface area (Å²) in [7, 11) is 0. The molecule has 1 atom stereocenters. The Hall–Kier alpha value is -3.42. The summed E-state index contributed by atoms with van der Waals surface area (Å²) in [5, 5.41) is 17.5. The maximum atomic E-state index is 13.3. The number of rotatable bonds is 6. The maximum absolute atomic E-state index is 13.3. The molecule has 5 rings (SSSR count). The largest absolute Gasteiger partial charge is 0.492 e. The lowest BCUT2D eigenvalue weighted by atomic mass is 9.99. The first-order valence-electron chi connectivity index (χ1n) is 11.4. The predicted octanol–water partition coefficient (Wildman–Crippen LogP) is 5.82. The van der Waals surface area contributed by atoms with Gasteiger partial charge in [-0.1, -0.05) is 54.4 Å². The zero-order valence-electron chi connectivity index (χ0n) is 18.5. The van der Waals surface area contributed by atoms with Crippen LogP contribution in [0.5, 0.6) is 5.75 Å². The van der Waals surface area contributed by atoms with Crippen molar-refractivity contribution < 1.29 is 9.66 Å². The average Bonchev–Trinajstić information content (AvgIpc) is 2.84. The van der Waals surface area contributed by atoms with Crippen LogP contribution in [0.2, 0.25) is 5.02 Å². The van der Waals surface area contributed by atoms with E-state index in [9.17, 15) is 14.9 Å². The number of aromatic nitrogens is 1. The summed E-state index contributed by atoms with van der Waals surface area (Å²) in [5.74, 6) is 0.338. The molecule has 0 spiro atoms. The van der Waals surface area contributed by atoms with Crippen molar-refractivity contribution in [1.29, 1.82) is 0 Å². The fourth-order valence-electron chi connectivity index (χ4n) is 4.65. The molecule has 1 saturated heterocycles. The number of piperidine rings is 1. The van der Waals surface area contributed by atoms with Crippen LogP contribution in [0.25, 0.3) is 32.8 Å². The molecule has 2 N–H and O–H groups in total. The minimum atomic E-state index is -0.529. The van der Waals surface area contributed by atoms with Gasteiger partial charge < -0.3 is 15.0 Å². The summed E-state index contributed by atoms with van der Waals surface area (Å²) < 4.78 is 6.25. The second kappa shape index (κ2) is 9.44. The van der Waals surface area contributed by atoms with Crippen molar-refractivity contribution in [3.05, 3.63) is 80.1 Å². The normalized spacial score (nSPS) is 16.1. The topological polar surface area (TPSA) is 97.3 Å². The van der Waals surface area contributed by atoms with Gasteiger partial charge in [0.15, 0.2) is 0 Å². The number of hydrogen-bond acceptors (Lipinski definition) is 5. The van der Waals surface area contributed by atoms with Crippen LogP contribution in [0.4, 0.5) is 5.69 Å². The highest BCUT2D eigenvalue weighted by atomic mass is 35.5. The summed E-state index contributed by atoms with van der Waals surface area (Å²) in [6, 6.07) is 16.8. The Morgan fingerprint density at radius 3 is 2.68 bits per heavy atom. The number of fused-ring (bicyclic) bond motifs is 2. The number of H-pyrrole nitrogens is 1. The average molecular weight is 478 g/mol. The van der Waals surface area contributed by atoms with Crippen LogP contribution in [0.15, 0.2) is 59.4 Å². The molecule has 0 radical (unpaired) electrons. The number of nitro groups is 1. The molecule has 7 nitrogen and oxygen atoms in total. The van der Waals surface area contributed by atoms with E-state index >= 15 is 0 Å². The summed E-state index contributed by atoms with van der Waals surface area (Å²) in [4.78, 5) is 27.1. The van der Waals surface area contributed by atoms with E-state index in [0.29, 0.717) is 40.4 Å². The molecule has 0 aliphatic carbocycles. The zero-order valence-corrected chi connectivity index (χ0v) is 19.2. The van der Waals surface area contributed by atoms with E-state index < -0.39 is 4.92 Å². The van der Waals surface area contributed by atoms with E-state index in [2.05, 4.69) is 10.3 Å². The molecule has 8 heteroatoms. The Morgan fingerprint density at radius 2 is 1.91 bits per heavy atom. The molecule has 34 heavy (non-hydrogen) atoms. The first kappa shape index (κ1) is 22.4. The van der Waals surface area contributed by atoms with Crippen molar-refractivity contribution in [3.63, 3.8) is 0 Å². The van der Waals surface area contributed by atoms with Crippen molar-refractivity contribution >= 4 is 39.0 Å². The third-order valence-corrected chi connectivity index (χ3v) is 6.70. The van der Waals surface area contributed by atoms with Crippen LogP contribution in [0.3, 0.4) is 0 Å². The van der Waals surface area contributed by atoms with Gasteiger partial charge in [0.1, 0.15) is 10.8 Å². The SMILES string of the molecule is O=c1[nH]c2cc(Cl)c([N+](=O)[O-])cc2c(OCCC2CCCCN2)c1-c1ccc2ccccc2c1. The van der Waals surface area contributed by atoms with E-state index in [1.54, 1.807) is 0 Å². The highest BCUT2D eigenvalue weighted by Crippen LogP contribution is 2.38. The minimum Gasteiger partial charge on any atom is -0.492 e. The van der Waals surface area contributed by atoms with Gasteiger partial charge in [0.2, 0.25) is 0 Å². The number of nitrogens with one attached hydrogen (secondary N) is 2. The van der Waals surface area contributed by atoms with Crippen LogP contribution in [-0.2, 0) is 0 Å². The lowest BCUT2D eigenvalue weighted by Gasteiger charge is -2.23. The van der Waals surface area contributed by atoms with Crippen molar-refractivity contribution in [3.8, 4) is 16.9 Å². The lowest BCUT2D eigenvalue weighted by molar-refractivity contribution is -0.384. The first-order chi connectivity index (χ1) is 16.5. The molecule has 1 fully saturated rings. The number of pyridine rings is 1. The van der Waals surface area contributed by atoms with Gasteiger partial charge in [-0.15, -0.1) is 0 Å². The molecule has 0 saturated carbocycles. The van der Waals surface area contributed by atoms with Crippen molar-refractivity contribution in [2.45, 2.75) is 31.7 Å². The van der Waals surface area contributed by atoms with Gasteiger partial charge >= 0.3 is 0 Å². The maximum Gasteiger partial charge on any atom is 0.288 e. The summed E-state index contributed by atoms with van der Waals surface area (Å²) >= 11 is 6.12. The summed E-state index contributed by atoms with van der Waals surface area (Å²) in [5.41, 5.74) is 0.871. The fourth-order valence-corrected chi connectivity index (χ4v) is 4.88. The summed E-state index contributed by atoms with van der Waals surface area (Å²) in [6.45, 7) is 1.37. The van der Waals surface area contributed by atoms with Gasteiger partial charge in [0.25, 0.3) is 11.2 Å². The van der Waals surface area contributed by atoms with Gasteiger partial charge in [-0.2, -0.15) is 0 Å². The molecule has 1 aliphatic rings. The van der Waals surface area contributed by atoms with Gasteiger partial charge in [-0.05, 0) is 54.3 Å². The van der Waals surface area contributed by atoms with Crippen LogP contribution >= 0.6 is 11.6 Å². The monoisotopic (exact) mass is 477 g/mol. The number of nitrogens with zero attached hydrogens (tertiary/aromatic N) is 1. The smallest absolute Gasteiger partial charge is 0.288 e. The van der Waals surface area contributed by atoms with Crippen LogP contribution in [-0.4, -0.2) is 29.1 Å². The fraction of sp³-hybridized carbons (Fsp3) is 0.269. The standard InChI is InChI=1S/C26H24ClN3O4/c27-21-15-22-20(14-23(21)30(32)33)25(34-12-10-19-7-3-4-11-28-19)24(26(31)29-22)18-9-8-16-5-1-2-6-17(16)13-18/h1-2,5-6,8-9,13-15,19,28H,3-4,7,10-12H2,(H,29,31). The Morgan fingerprint density at radius 1 is 1.09 bits per heavy atom. The number of ether oxygens (including phenoxy) is 1. The molecular weight excluding hydrogens is 454 g/mol. The highest BCUT2D eigenvalue weighted by Gasteiger charge is 2.22. The molecule has 1 aromatic heterocycles. The van der Waals surface area contributed by atoms with Crippen molar-refractivity contribution in [2.24, 2.45) is 0 Å². The van der Waals surface area contributed by atoms with Gasteiger partial charge in [-0.25, -0.2) is 0 Å². The van der Waals surface area contributed by atoms with Crippen molar-refractivity contribution in [2.75, 3.05) is 13.2 Å². The van der Waals surface area contributed by atoms with Crippen LogP contribution in [0, 0.1) is 10.1 Å². The minimum absolute atomic E-state index is 0.0380. The Kier molecular flexibility index (Phi) is 6.22. The zero-order chi connectivity index (χ0) is 23.7. The molecule has 1 aliphatic heterocycles. The first-order valence-corrected chi connectivity index (χ1v) is 11.8. The molecule has 0 amide bonds. The van der Waals surface area contributed by atoms with Crippen LogP contribution in [0.1, 0.15) is 25.7 Å². The second-order valence-corrected chi connectivity index (χ2v) is 9.02. The van der Waals surface area contributed by atoms with Crippen LogP contribution < -0.4 is 15.6 Å². The summed E-state index contributed by atoms with van der Waals surface area (Å²) in [6.07, 6.45) is 4.21. The number of benzene rings is 3. The third kappa shape index (κ3) is 4.36.